The first-order chi connectivity index (χ1) is 12.2. The van der Waals surface area contributed by atoms with Crippen LogP contribution in [-0.4, -0.2) is 26.0 Å². The van der Waals surface area contributed by atoms with E-state index < -0.39 is 17.6 Å². The van der Waals surface area contributed by atoms with Crippen molar-refractivity contribution >= 4 is 5.82 Å². The first kappa shape index (κ1) is 17.3. The smallest absolute Gasteiger partial charge is 0.393 e. The molecule has 2 aliphatic rings. The van der Waals surface area contributed by atoms with Gasteiger partial charge in [-0.2, -0.15) is 18.3 Å². The topological polar surface area (TPSA) is 77.0 Å². The Morgan fingerprint density at radius 1 is 1.23 bits per heavy atom. The van der Waals surface area contributed by atoms with E-state index in [1.165, 1.54) is 6.20 Å². The molecule has 2 aromatic rings. The lowest BCUT2D eigenvalue weighted by atomic mass is 10.0. The number of aliphatic hydroxyl groups is 1. The minimum atomic E-state index is -4.56. The first-order valence-corrected chi connectivity index (χ1v) is 8.77. The van der Waals surface area contributed by atoms with Gasteiger partial charge in [-0.05, 0) is 50.7 Å². The lowest BCUT2D eigenvalue weighted by molar-refractivity contribution is -0.137. The Morgan fingerprint density at radius 2 is 1.88 bits per heavy atom. The number of nitrogens with zero attached hydrogens (tertiary/aromatic N) is 3. The number of aliphatic hydroxyl groups excluding tert-OH is 1. The van der Waals surface area contributed by atoms with Gasteiger partial charge < -0.3 is 10.8 Å². The molecule has 0 unspecified atom stereocenters. The van der Waals surface area contributed by atoms with Gasteiger partial charge in [0, 0.05) is 29.4 Å². The number of hydrogen-bond acceptors (Lipinski definition) is 4. The maximum atomic E-state index is 13.1. The molecule has 2 saturated carbocycles. The Kier molecular flexibility index (Phi) is 3.80. The van der Waals surface area contributed by atoms with Crippen LogP contribution in [0.4, 0.5) is 19.0 Å². The number of anilines is 1. The summed E-state index contributed by atoms with van der Waals surface area (Å²) in [6.45, 7) is 3.99. The number of hydrogen-bond donors (Lipinski definition) is 2. The van der Waals surface area contributed by atoms with Crippen LogP contribution in [0.1, 0.15) is 49.9 Å². The lowest BCUT2D eigenvalue weighted by Gasteiger charge is -2.13. The number of nitrogen functional groups attached to an aromatic ring is 1. The zero-order valence-corrected chi connectivity index (χ0v) is 14.5. The van der Waals surface area contributed by atoms with Crippen molar-refractivity contribution in [2.24, 2.45) is 11.8 Å². The van der Waals surface area contributed by atoms with E-state index in [2.05, 4.69) is 10.1 Å². The van der Waals surface area contributed by atoms with E-state index >= 15 is 0 Å². The zero-order chi connectivity index (χ0) is 18.8. The molecule has 2 fully saturated rings. The summed E-state index contributed by atoms with van der Waals surface area (Å²) in [4.78, 5) is 3.71. The molecule has 0 aromatic carbocycles. The molecule has 0 aliphatic heterocycles. The fourth-order valence-corrected chi connectivity index (χ4v) is 4.31. The highest BCUT2D eigenvalue weighted by Gasteiger charge is 2.57. The second kappa shape index (κ2) is 5.70. The molecule has 2 aromatic heterocycles. The average Bonchev–Trinajstić information content (AvgIpc) is 2.91. The molecule has 4 rings (SSSR count). The molecule has 0 spiro atoms. The largest absolute Gasteiger partial charge is 0.419 e. The van der Waals surface area contributed by atoms with E-state index in [0.717, 1.165) is 24.6 Å². The molecule has 0 amide bonds. The minimum Gasteiger partial charge on any atom is -0.393 e. The number of nitrogens with two attached hydrogens (primary N) is 1. The Hall–Kier alpha value is -2.09. The molecule has 0 radical (unpaired) electrons. The number of aromatic nitrogens is 3. The molecule has 26 heavy (non-hydrogen) atoms. The van der Waals surface area contributed by atoms with Crippen LogP contribution in [-0.2, 0) is 6.18 Å². The van der Waals surface area contributed by atoms with Crippen LogP contribution in [0.15, 0.2) is 18.3 Å². The molecular formula is C18H21F3N4O. The van der Waals surface area contributed by atoms with E-state index in [1.54, 1.807) is 0 Å². The summed E-state index contributed by atoms with van der Waals surface area (Å²) in [5.74, 6) is 0.686. The number of pyridine rings is 1. The summed E-state index contributed by atoms with van der Waals surface area (Å²) in [6, 6.07) is 2.97. The molecule has 8 heteroatoms. The molecule has 2 aliphatic carbocycles. The number of rotatable bonds is 3. The zero-order valence-electron chi connectivity index (χ0n) is 14.5. The maximum Gasteiger partial charge on any atom is 0.419 e. The van der Waals surface area contributed by atoms with Gasteiger partial charge in [0.1, 0.15) is 5.82 Å². The summed E-state index contributed by atoms with van der Waals surface area (Å²) in [6.07, 6.45) is -1.88. The van der Waals surface area contributed by atoms with Gasteiger partial charge in [-0.1, -0.05) is 0 Å². The van der Waals surface area contributed by atoms with Gasteiger partial charge >= 0.3 is 6.18 Å². The van der Waals surface area contributed by atoms with Crippen LogP contribution >= 0.6 is 0 Å². The van der Waals surface area contributed by atoms with Crippen LogP contribution in [0.2, 0.25) is 0 Å². The summed E-state index contributed by atoms with van der Waals surface area (Å²) >= 11 is 0. The van der Waals surface area contributed by atoms with Crippen molar-refractivity contribution in [3.63, 3.8) is 0 Å². The van der Waals surface area contributed by atoms with Crippen molar-refractivity contribution in [2.75, 3.05) is 5.73 Å². The third-order valence-electron chi connectivity index (χ3n) is 5.54. The Bertz CT molecular complexity index is 833. The summed E-state index contributed by atoms with van der Waals surface area (Å²) < 4.78 is 41.2. The highest BCUT2D eigenvalue weighted by molar-refractivity contribution is 5.63. The molecule has 4 atom stereocenters. The molecular weight excluding hydrogens is 345 g/mol. The van der Waals surface area contributed by atoms with Gasteiger partial charge in [-0.15, -0.1) is 0 Å². The van der Waals surface area contributed by atoms with Gasteiger partial charge in [0.25, 0.3) is 0 Å². The van der Waals surface area contributed by atoms with Gasteiger partial charge in [-0.25, -0.2) is 4.98 Å². The second-order valence-corrected chi connectivity index (χ2v) is 7.63. The molecule has 5 nitrogen and oxygen atoms in total. The predicted octanol–water partition coefficient (Wildman–Crippen LogP) is 3.61. The molecule has 0 saturated heterocycles. The van der Waals surface area contributed by atoms with E-state index in [-0.39, 0.29) is 12.1 Å². The molecule has 3 N–H and O–H groups in total. The third kappa shape index (κ3) is 2.76. The van der Waals surface area contributed by atoms with Crippen LogP contribution < -0.4 is 5.73 Å². The van der Waals surface area contributed by atoms with Crippen molar-refractivity contribution in [1.82, 2.24) is 14.8 Å². The molecule has 2 heterocycles. The van der Waals surface area contributed by atoms with Crippen molar-refractivity contribution in [1.29, 1.82) is 0 Å². The quantitative estimate of drug-likeness (QED) is 0.870. The van der Waals surface area contributed by atoms with Gasteiger partial charge in [0.2, 0.25) is 0 Å². The number of alkyl halides is 3. The van der Waals surface area contributed by atoms with E-state index in [4.69, 9.17) is 5.73 Å². The van der Waals surface area contributed by atoms with E-state index in [1.807, 2.05) is 24.6 Å². The summed E-state index contributed by atoms with van der Waals surface area (Å²) in [5.41, 5.74) is 6.25. The van der Waals surface area contributed by atoms with Crippen molar-refractivity contribution in [3.8, 4) is 11.3 Å². The lowest BCUT2D eigenvalue weighted by Crippen LogP contribution is -2.11. The van der Waals surface area contributed by atoms with Gasteiger partial charge in [0.05, 0.1) is 17.4 Å². The molecule has 140 valence electrons. The first-order valence-electron chi connectivity index (χ1n) is 8.77. The summed E-state index contributed by atoms with van der Waals surface area (Å²) in [7, 11) is 0. The highest BCUT2D eigenvalue weighted by Crippen LogP contribution is 2.63. The highest BCUT2D eigenvalue weighted by atomic mass is 19.4. The van der Waals surface area contributed by atoms with Gasteiger partial charge in [0.15, 0.2) is 0 Å². The molecule has 0 bridgehead atoms. The van der Waals surface area contributed by atoms with E-state index in [9.17, 15) is 18.3 Å². The maximum absolute atomic E-state index is 13.1. The second-order valence-electron chi connectivity index (χ2n) is 7.63. The monoisotopic (exact) mass is 366 g/mol. The van der Waals surface area contributed by atoms with Crippen molar-refractivity contribution < 1.29 is 18.3 Å². The Labute approximate surface area is 149 Å². The fourth-order valence-electron chi connectivity index (χ4n) is 4.31. The number of halogens is 3. The standard InChI is InChI=1S/C18H21F3N4O/c1-8(2)25-15(16-11-4-10(26)5-12(11)16)6-14(24-25)9-3-13(18(19,20)21)17(22)23-7-9/h3,6-8,10-12,16,26H,4-5H2,1-2H3,(H2,22,23)/t10-,11-,12+,16+. The van der Waals surface area contributed by atoms with E-state index in [0.29, 0.717) is 29.0 Å². The normalized spacial score (nSPS) is 27.8. The van der Waals surface area contributed by atoms with Gasteiger partial charge in [-0.3, -0.25) is 4.68 Å². The van der Waals surface area contributed by atoms with Crippen LogP contribution in [0.3, 0.4) is 0 Å². The van der Waals surface area contributed by atoms with Crippen molar-refractivity contribution in [3.05, 3.63) is 29.6 Å². The average molecular weight is 366 g/mol. The Balaban J connectivity index is 1.72. The fraction of sp³-hybridized carbons (Fsp3) is 0.556. The number of fused-ring (bicyclic) bond motifs is 1. The van der Waals surface area contributed by atoms with Crippen LogP contribution in [0, 0.1) is 11.8 Å². The van der Waals surface area contributed by atoms with Crippen LogP contribution in [0.25, 0.3) is 11.3 Å². The van der Waals surface area contributed by atoms with Crippen LogP contribution in [0.5, 0.6) is 0 Å². The van der Waals surface area contributed by atoms with Crippen molar-refractivity contribution in [2.45, 2.75) is 50.9 Å². The Morgan fingerprint density at radius 3 is 2.46 bits per heavy atom. The SMILES string of the molecule is CC(C)n1nc(-c2cnc(N)c(C(F)(F)F)c2)cc1[C@H]1[C@@H]2C[C@@H](O)C[C@@H]21. The minimum absolute atomic E-state index is 0.0915. The summed E-state index contributed by atoms with van der Waals surface area (Å²) in [5, 5.41) is 14.3. The third-order valence-corrected chi connectivity index (χ3v) is 5.54. The predicted molar refractivity (Wildman–Crippen MR) is 90.2 cm³/mol.